The molecule has 3 atom stereocenters. The highest BCUT2D eigenvalue weighted by molar-refractivity contribution is 7.99. The van der Waals surface area contributed by atoms with E-state index in [2.05, 4.69) is 18.3 Å². The summed E-state index contributed by atoms with van der Waals surface area (Å²) >= 11 is 1.82. The van der Waals surface area contributed by atoms with Gasteiger partial charge in [-0.2, -0.15) is 17.0 Å². The summed E-state index contributed by atoms with van der Waals surface area (Å²) in [7, 11) is 0. The van der Waals surface area contributed by atoms with Crippen LogP contribution in [0, 0.1) is 11.3 Å². The highest BCUT2D eigenvalue weighted by atomic mass is 32.2. The van der Waals surface area contributed by atoms with Crippen LogP contribution in [-0.2, 0) is 0 Å². The average Bonchev–Trinajstić information content (AvgIpc) is 3.12. The molecule has 0 aromatic carbocycles. The largest absolute Gasteiger partial charge is 0.392 e. The zero-order chi connectivity index (χ0) is 13.6. The Kier molecular flexibility index (Phi) is 6.48. The van der Waals surface area contributed by atoms with Crippen molar-refractivity contribution >= 4 is 11.8 Å². The number of thioether (sulfide) groups is 1. The molecule has 1 aliphatic carbocycles. The first-order valence-electron chi connectivity index (χ1n) is 6.95. The van der Waals surface area contributed by atoms with E-state index in [-0.39, 0.29) is 11.6 Å². The van der Waals surface area contributed by atoms with Crippen molar-refractivity contribution in [1.82, 2.24) is 5.32 Å². The van der Waals surface area contributed by atoms with Gasteiger partial charge in [-0.15, -0.1) is 0 Å². The summed E-state index contributed by atoms with van der Waals surface area (Å²) in [5, 5.41) is 22.3. The summed E-state index contributed by atoms with van der Waals surface area (Å²) in [5.74, 6) is 1.07. The normalized spacial score (nSPS) is 21.9. The van der Waals surface area contributed by atoms with Gasteiger partial charge in [0, 0.05) is 11.3 Å². The summed E-state index contributed by atoms with van der Waals surface area (Å²) in [6, 6.07) is 2.99. The lowest BCUT2D eigenvalue weighted by Crippen LogP contribution is -2.42. The summed E-state index contributed by atoms with van der Waals surface area (Å²) < 4.78 is 0. The standard InChI is InChI=1S/C14H26N2OS/c1-11(17)12(2)18-9-5-4-8-14(3,10-15)16-13-6-7-13/h11-13,16-17H,4-9H2,1-3H3. The van der Waals surface area contributed by atoms with E-state index in [1.165, 1.54) is 12.8 Å². The number of hydrogen-bond donors (Lipinski definition) is 2. The van der Waals surface area contributed by atoms with Gasteiger partial charge in [0.2, 0.25) is 0 Å². The maximum atomic E-state index is 9.38. The van der Waals surface area contributed by atoms with Gasteiger partial charge in [0.25, 0.3) is 0 Å². The van der Waals surface area contributed by atoms with E-state index in [4.69, 9.17) is 0 Å². The Bertz CT molecular complexity index is 286. The molecule has 0 amide bonds. The predicted octanol–water partition coefficient (Wildman–Crippen LogP) is 2.69. The molecule has 1 fully saturated rings. The van der Waals surface area contributed by atoms with Crippen LogP contribution >= 0.6 is 11.8 Å². The van der Waals surface area contributed by atoms with Gasteiger partial charge in [-0.1, -0.05) is 6.92 Å². The molecule has 1 rings (SSSR count). The van der Waals surface area contributed by atoms with Crippen molar-refractivity contribution in [1.29, 1.82) is 5.26 Å². The van der Waals surface area contributed by atoms with Gasteiger partial charge >= 0.3 is 0 Å². The van der Waals surface area contributed by atoms with Crippen LogP contribution < -0.4 is 5.32 Å². The minimum atomic E-state index is -0.346. The summed E-state index contributed by atoms with van der Waals surface area (Å²) in [6.45, 7) is 5.91. The topological polar surface area (TPSA) is 56.0 Å². The molecule has 0 spiro atoms. The van der Waals surface area contributed by atoms with Gasteiger partial charge in [0.05, 0.1) is 12.2 Å². The van der Waals surface area contributed by atoms with Gasteiger partial charge in [-0.3, -0.25) is 5.32 Å². The lowest BCUT2D eigenvalue weighted by molar-refractivity contribution is 0.196. The van der Waals surface area contributed by atoms with Crippen LogP contribution in [0.4, 0.5) is 0 Å². The molecule has 0 saturated heterocycles. The van der Waals surface area contributed by atoms with E-state index in [1.54, 1.807) is 0 Å². The zero-order valence-corrected chi connectivity index (χ0v) is 12.6. The third kappa shape index (κ3) is 6.08. The second-order valence-electron chi connectivity index (χ2n) is 5.64. The van der Waals surface area contributed by atoms with Gasteiger partial charge in [0.15, 0.2) is 0 Å². The Morgan fingerprint density at radius 3 is 2.61 bits per heavy atom. The molecule has 1 aliphatic rings. The first kappa shape index (κ1) is 15.8. The van der Waals surface area contributed by atoms with E-state index < -0.39 is 0 Å². The first-order chi connectivity index (χ1) is 8.47. The fourth-order valence-corrected chi connectivity index (χ4v) is 2.85. The summed E-state index contributed by atoms with van der Waals surface area (Å²) in [6.07, 6.45) is 5.31. The highest BCUT2D eigenvalue weighted by Gasteiger charge is 2.31. The fourth-order valence-electron chi connectivity index (χ4n) is 1.83. The number of aliphatic hydroxyl groups excluding tert-OH is 1. The van der Waals surface area contributed by atoms with Crippen LogP contribution in [0.15, 0.2) is 0 Å². The molecule has 0 bridgehead atoms. The second-order valence-corrected chi connectivity index (χ2v) is 7.12. The number of nitriles is 1. The van der Waals surface area contributed by atoms with Gasteiger partial charge in [-0.05, 0) is 51.7 Å². The third-order valence-electron chi connectivity index (χ3n) is 3.48. The predicted molar refractivity (Wildman–Crippen MR) is 77.6 cm³/mol. The third-order valence-corrected chi connectivity index (χ3v) is 4.92. The Labute approximate surface area is 115 Å². The highest BCUT2D eigenvalue weighted by Crippen LogP contribution is 2.25. The molecule has 3 nitrogen and oxygen atoms in total. The minimum Gasteiger partial charge on any atom is -0.392 e. The molecule has 2 N–H and O–H groups in total. The van der Waals surface area contributed by atoms with Crippen molar-refractivity contribution in [2.45, 2.75) is 75.8 Å². The van der Waals surface area contributed by atoms with E-state index in [9.17, 15) is 10.4 Å². The number of aliphatic hydroxyl groups is 1. The van der Waals surface area contributed by atoms with Crippen molar-refractivity contribution in [3.63, 3.8) is 0 Å². The summed E-state index contributed by atoms with van der Waals surface area (Å²) in [4.78, 5) is 0. The molecule has 0 aromatic heterocycles. The monoisotopic (exact) mass is 270 g/mol. The van der Waals surface area contributed by atoms with E-state index in [0.717, 1.165) is 25.0 Å². The number of nitrogens with one attached hydrogen (secondary N) is 1. The van der Waals surface area contributed by atoms with Crippen LogP contribution in [0.25, 0.3) is 0 Å². The minimum absolute atomic E-state index is 0.240. The quantitative estimate of drug-likeness (QED) is 0.633. The van der Waals surface area contributed by atoms with E-state index >= 15 is 0 Å². The van der Waals surface area contributed by atoms with Crippen LogP contribution in [-0.4, -0.2) is 33.8 Å². The lowest BCUT2D eigenvalue weighted by atomic mass is 9.96. The molecule has 3 unspecified atom stereocenters. The molecule has 104 valence electrons. The Morgan fingerprint density at radius 2 is 2.11 bits per heavy atom. The molecular weight excluding hydrogens is 244 g/mol. The van der Waals surface area contributed by atoms with Gasteiger partial charge in [0.1, 0.15) is 5.54 Å². The molecule has 4 heteroatoms. The molecule has 0 aromatic rings. The van der Waals surface area contributed by atoms with Gasteiger partial charge in [-0.25, -0.2) is 0 Å². The van der Waals surface area contributed by atoms with Crippen molar-refractivity contribution in [2.75, 3.05) is 5.75 Å². The molecule has 1 saturated carbocycles. The SMILES string of the molecule is CC(O)C(C)SCCCCC(C)(C#N)NC1CC1. The van der Waals surface area contributed by atoms with Crippen LogP contribution in [0.3, 0.4) is 0 Å². The number of nitrogens with zero attached hydrogens (tertiary/aromatic N) is 1. The fraction of sp³-hybridized carbons (Fsp3) is 0.929. The smallest absolute Gasteiger partial charge is 0.104 e. The molecular formula is C14H26N2OS. The van der Waals surface area contributed by atoms with Crippen LogP contribution in [0.2, 0.25) is 0 Å². The average molecular weight is 270 g/mol. The molecule has 0 radical (unpaired) electrons. The Balaban J connectivity index is 2.10. The van der Waals surface area contributed by atoms with Crippen LogP contribution in [0.1, 0.15) is 52.9 Å². The Hall–Kier alpha value is -0.240. The Morgan fingerprint density at radius 1 is 1.44 bits per heavy atom. The lowest BCUT2D eigenvalue weighted by Gasteiger charge is -2.23. The van der Waals surface area contributed by atoms with Crippen molar-refractivity contribution in [3.8, 4) is 6.07 Å². The first-order valence-corrected chi connectivity index (χ1v) is 8.00. The number of rotatable bonds is 9. The van der Waals surface area contributed by atoms with Crippen molar-refractivity contribution in [3.05, 3.63) is 0 Å². The van der Waals surface area contributed by atoms with Crippen molar-refractivity contribution < 1.29 is 5.11 Å². The van der Waals surface area contributed by atoms with Gasteiger partial charge < -0.3 is 5.11 Å². The maximum Gasteiger partial charge on any atom is 0.104 e. The zero-order valence-electron chi connectivity index (χ0n) is 11.8. The molecule has 0 heterocycles. The molecule has 18 heavy (non-hydrogen) atoms. The van der Waals surface area contributed by atoms with E-state index in [0.29, 0.717) is 11.3 Å². The second kappa shape index (κ2) is 7.37. The van der Waals surface area contributed by atoms with E-state index in [1.807, 2.05) is 25.6 Å². The summed E-state index contributed by atoms with van der Waals surface area (Å²) in [5.41, 5.74) is -0.346. The van der Waals surface area contributed by atoms with Crippen molar-refractivity contribution in [2.24, 2.45) is 0 Å². The van der Waals surface area contributed by atoms with Crippen LogP contribution in [0.5, 0.6) is 0 Å². The molecule has 0 aliphatic heterocycles. The number of hydrogen-bond acceptors (Lipinski definition) is 4. The number of unbranched alkanes of at least 4 members (excludes halogenated alkanes) is 1. The maximum absolute atomic E-state index is 9.38.